The first-order chi connectivity index (χ1) is 15.0. The quantitative estimate of drug-likeness (QED) is 0.605. The second kappa shape index (κ2) is 11.1. The van der Waals surface area contributed by atoms with E-state index in [-0.39, 0.29) is 42.2 Å². The number of rotatable bonds is 9. The van der Waals surface area contributed by atoms with Gasteiger partial charge in [-0.1, -0.05) is 58.0 Å². The summed E-state index contributed by atoms with van der Waals surface area (Å²) < 4.78 is 19.3. The number of nitrogens with zero attached hydrogens (tertiary/aromatic N) is 1. The molecule has 0 aliphatic carbocycles. The molecular formula is C26H35FN2O3. The zero-order valence-corrected chi connectivity index (χ0v) is 19.9. The zero-order chi connectivity index (χ0) is 23.9. The smallest absolute Gasteiger partial charge is 0.261 e. The van der Waals surface area contributed by atoms with Crippen LogP contribution in [0, 0.1) is 5.82 Å². The first kappa shape index (κ1) is 25.4. The molecule has 1 unspecified atom stereocenters. The van der Waals surface area contributed by atoms with Crippen molar-refractivity contribution in [1.82, 2.24) is 10.2 Å². The molecule has 2 amide bonds. The number of para-hydroxylation sites is 1. The lowest BCUT2D eigenvalue weighted by Crippen LogP contribution is -2.51. The zero-order valence-electron chi connectivity index (χ0n) is 19.9. The maximum absolute atomic E-state index is 13.4. The Bertz CT molecular complexity index is 904. The normalized spacial score (nSPS) is 12.4. The molecule has 0 heterocycles. The summed E-state index contributed by atoms with van der Waals surface area (Å²) in [4.78, 5) is 27.6. The largest absolute Gasteiger partial charge is 0.483 e. The van der Waals surface area contributed by atoms with Gasteiger partial charge in [-0.25, -0.2) is 4.39 Å². The minimum absolute atomic E-state index is 0.0470. The molecule has 1 N–H and O–H groups in total. The minimum atomic E-state index is -0.656. The SMILES string of the molecule is CCC(C(=O)NC(C)C)N(Cc1ccc(F)cc1)C(=O)COc1ccccc1C(C)(C)C. The summed E-state index contributed by atoms with van der Waals surface area (Å²) in [7, 11) is 0. The van der Waals surface area contributed by atoms with Gasteiger partial charge in [-0.15, -0.1) is 0 Å². The van der Waals surface area contributed by atoms with Crippen molar-refractivity contribution >= 4 is 11.8 Å². The highest BCUT2D eigenvalue weighted by Gasteiger charge is 2.29. The summed E-state index contributed by atoms with van der Waals surface area (Å²) in [6.07, 6.45) is 0.448. The highest BCUT2D eigenvalue weighted by molar-refractivity contribution is 5.88. The number of nitrogens with one attached hydrogen (secondary N) is 1. The number of benzene rings is 2. The second-order valence-corrected chi connectivity index (χ2v) is 9.27. The number of carbonyl (C=O) groups is 2. The Labute approximate surface area is 191 Å². The van der Waals surface area contributed by atoms with Gasteiger partial charge in [0.2, 0.25) is 5.91 Å². The summed E-state index contributed by atoms with van der Waals surface area (Å²) in [5, 5.41) is 2.89. The summed E-state index contributed by atoms with van der Waals surface area (Å²) in [6, 6.07) is 12.9. The van der Waals surface area contributed by atoms with Crippen LogP contribution in [-0.4, -0.2) is 35.4 Å². The Morgan fingerprint density at radius 3 is 2.25 bits per heavy atom. The van der Waals surface area contributed by atoms with E-state index in [4.69, 9.17) is 4.74 Å². The Morgan fingerprint density at radius 1 is 1.06 bits per heavy atom. The third-order valence-electron chi connectivity index (χ3n) is 5.13. The molecule has 0 spiro atoms. The van der Waals surface area contributed by atoms with E-state index < -0.39 is 6.04 Å². The van der Waals surface area contributed by atoms with Crippen LogP contribution >= 0.6 is 0 Å². The molecule has 0 aliphatic rings. The van der Waals surface area contributed by atoms with Gasteiger partial charge in [0.05, 0.1) is 0 Å². The molecule has 2 aromatic rings. The number of amides is 2. The molecule has 0 aromatic heterocycles. The van der Waals surface area contributed by atoms with Gasteiger partial charge in [0.25, 0.3) is 5.91 Å². The van der Waals surface area contributed by atoms with E-state index in [1.54, 1.807) is 12.1 Å². The van der Waals surface area contributed by atoms with Gasteiger partial charge in [-0.2, -0.15) is 0 Å². The summed E-state index contributed by atoms with van der Waals surface area (Å²) in [6.45, 7) is 11.9. The van der Waals surface area contributed by atoms with Gasteiger partial charge >= 0.3 is 0 Å². The average molecular weight is 443 g/mol. The van der Waals surface area contributed by atoms with Crippen molar-refractivity contribution < 1.29 is 18.7 Å². The molecule has 32 heavy (non-hydrogen) atoms. The highest BCUT2D eigenvalue weighted by Crippen LogP contribution is 2.31. The predicted molar refractivity (Wildman–Crippen MR) is 125 cm³/mol. The first-order valence-electron chi connectivity index (χ1n) is 11.1. The lowest BCUT2D eigenvalue weighted by atomic mass is 9.86. The van der Waals surface area contributed by atoms with E-state index >= 15 is 0 Å². The first-order valence-corrected chi connectivity index (χ1v) is 11.1. The van der Waals surface area contributed by atoms with Crippen molar-refractivity contribution in [1.29, 1.82) is 0 Å². The standard InChI is InChI=1S/C26H35FN2O3/c1-7-22(25(31)28-18(2)3)29(16-19-12-14-20(27)15-13-19)24(30)17-32-23-11-9-8-10-21(23)26(4,5)6/h8-15,18,22H,7,16-17H2,1-6H3,(H,28,31). The van der Waals surface area contributed by atoms with Gasteiger partial charge in [0.15, 0.2) is 6.61 Å². The maximum atomic E-state index is 13.4. The van der Waals surface area contributed by atoms with E-state index in [1.807, 2.05) is 45.0 Å². The molecule has 5 nitrogen and oxygen atoms in total. The van der Waals surface area contributed by atoms with Gasteiger partial charge in [0.1, 0.15) is 17.6 Å². The molecule has 174 valence electrons. The highest BCUT2D eigenvalue weighted by atomic mass is 19.1. The summed E-state index contributed by atoms with van der Waals surface area (Å²) in [5.41, 5.74) is 1.60. The summed E-state index contributed by atoms with van der Waals surface area (Å²) >= 11 is 0. The molecule has 0 aliphatic heterocycles. The van der Waals surface area contributed by atoms with Crippen molar-refractivity contribution in [3.05, 3.63) is 65.5 Å². The molecule has 0 bridgehead atoms. The Morgan fingerprint density at radius 2 is 1.69 bits per heavy atom. The van der Waals surface area contributed by atoms with E-state index in [9.17, 15) is 14.0 Å². The minimum Gasteiger partial charge on any atom is -0.483 e. The van der Waals surface area contributed by atoms with Gasteiger partial charge in [0, 0.05) is 12.6 Å². The Kier molecular flexibility index (Phi) is 8.81. The lowest BCUT2D eigenvalue weighted by molar-refractivity contribution is -0.143. The van der Waals surface area contributed by atoms with Crippen LogP contribution in [0.15, 0.2) is 48.5 Å². The van der Waals surface area contributed by atoms with Crippen molar-refractivity contribution in [2.75, 3.05) is 6.61 Å². The van der Waals surface area contributed by atoms with Crippen LogP contribution in [0.3, 0.4) is 0 Å². The van der Waals surface area contributed by atoms with Crippen molar-refractivity contribution in [2.24, 2.45) is 0 Å². The van der Waals surface area contributed by atoms with Crippen LogP contribution in [-0.2, 0) is 21.5 Å². The lowest BCUT2D eigenvalue weighted by Gasteiger charge is -2.31. The molecule has 0 saturated heterocycles. The maximum Gasteiger partial charge on any atom is 0.261 e. The number of hydrogen-bond acceptors (Lipinski definition) is 3. The van der Waals surface area contributed by atoms with Crippen molar-refractivity contribution in [3.63, 3.8) is 0 Å². The van der Waals surface area contributed by atoms with Gasteiger partial charge < -0.3 is 15.0 Å². The Balaban J connectivity index is 2.27. The van der Waals surface area contributed by atoms with Gasteiger partial charge in [-0.05, 0) is 55.0 Å². The second-order valence-electron chi connectivity index (χ2n) is 9.27. The van der Waals surface area contributed by atoms with E-state index in [2.05, 4.69) is 26.1 Å². The van der Waals surface area contributed by atoms with Crippen LogP contribution in [0.1, 0.15) is 59.1 Å². The predicted octanol–water partition coefficient (Wildman–Crippen LogP) is 4.83. The third kappa shape index (κ3) is 7.08. The molecule has 6 heteroatoms. The molecule has 0 radical (unpaired) electrons. The Hall–Kier alpha value is -2.89. The van der Waals surface area contributed by atoms with E-state index in [0.29, 0.717) is 12.2 Å². The van der Waals surface area contributed by atoms with Crippen LogP contribution in [0.25, 0.3) is 0 Å². The van der Waals surface area contributed by atoms with Crippen LogP contribution in [0.2, 0.25) is 0 Å². The number of carbonyl (C=O) groups excluding carboxylic acids is 2. The fraction of sp³-hybridized carbons (Fsp3) is 0.462. The number of halogens is 1. The molecule has 2 aromatic carbocycles. The van der Waals surface area contributed by atoms with E-state index in [1.165, 1.54) is 17.0 Å². The number of hydrogen-bond donors (Lipinski definition) is 1. The van der Waals surface area contributed by atoms with Crippen LogP contribution < -0.4 is 10.1 Å². The number of ether oxygens (including phenoxy) is 1. The third-order valence-corrected chi connectivity index (χ3v) is 5.13. The molecule has 1 atom stereocenters. The van der Waals surface area contributed by atoms with Crippen molar-refractivity contribution in [3.8, 4) is 5.75 Å². The fourth-order valence-corrected chi connectivity index (χ4v) is 3.52. The van der Waals surface area contributed by atoms with Crippen LogP contribution in [0.4, 0.5) is 4.39 Å². The monoisotopic (exact) mass is 442 g/mol. The molecule has 0 fully saturated rings. The fourth-order valence-electron chi connectivity index (χ4n) is 3.52. The average Bonchev–Trinajstić information content (AvgIpc) is 2.72. The topological polar surface area (TPSA) is 58.6 Å². The van der Waals surface area contributed by atoms with Crippen LogP contribution in [0.5, 0.6) is 5.75 Å². The molecule has 0 saturated carbocycles. The summed E-state index contributed by atoms with van der Waals surface area (Å²) in [5.74, 6) is -0.218. The molecular weight excluding hydrogens is 407 g/mol. The molecule has 2 rings (SSSR count). The van der Waals surface area contributed by atoms with E-state index in [0.717, 1.165) is 11.1 Å². The van der Waals surface area contributed by atoms with Gasteiger partial charge in [-0.3, -0.25) is 9.59 Å². The van der Waals surface area contributed by atoms with Crippen molar-refractivity contribution in [2.45, 2.75) is 72.0 Å².